The first-order chi connectivity index (χ1) is 6.22. The largest absolute Gasteiger partial charge is 0.365 e. The van der Waals surface area contributed by atoms with Crippen LogP contribution in [-0.2, 0) is 0 Å². The molecule has 0 bridgehead atoms. The van der Waals surface area contributed by atoms with Gasteiger partial charge >= 0.3 is 0 Å². The zero-order chi connectivity index (χ0) is 9.42. The van der Waals surface area contributed by atoms with Crippen molar-refractivity contribution in [2.45, 2.75) is 0 Å². The second kappa shape index (κ2) is 2.55. The summed E-state index contributed by atoms with van der Waals surface area (Å²) in [6.45, 7) is 0. The standard InChI is InChI=1S/C10H7NO2/c11-10(13)8-7(9(8)12)6-4-2-1-3-5-6/h1-5H,(H2,11,13). The molecule has 0 atom stereocenters. The van der Waals surface area contributed by atoms with Crippen LogP contribution in [0, 0.1) is 0 Å². The summed E-state index contributed by atoms with van der Waals surface area (Å²) in [4.78, 5) is 21.8. The van der Waals surface area contributed by atoms with Gasteiger partial charge in [-0.1, -0.05) is 30.3 Å². The Morgan fingerprint density at radius 2 is 1.77 bits per heavy atom. The van der Waals surface area contributed by atoms with E-state index in [9.17, 15) is 9.59 Å². The Bertz CT molecular complexity index is 464. The first-order valence-corrected chi connectivity index (χ1v) is 3.86. The second-order valence-corrected chi connectivity index (χ2v) is 2.81. The van der Waals surface area contributed by atoms with Gasteiger partial charge in [0.05, 0.1) is 5.56 Å². The minimum absolute atomic E-state index is 0.145. The Morgan fingerprint density at radius 1 is 1.15 bits per heavy atom. The summed E-state index contributed by atoms with van der Waals surface area (Å²) in [6.07, 6.45) is 0. The summed E-state index contributed by atoms with van der Waals surface area (Å²) in [5, 5.41) is 0. The molecule has 1 amide bonds. The van der Waals surface area contributed by atoms with Crippen LogP contribution < -0.4 is 11.2 Å². The zero-order valence-corrected chi connectivity index (χ0v) is 6.78. The van der Waals surface area contributed by atoms with E-state index in [2.05, 4.69) is 0 Å². The highest BCUT2D eigenvalue weighted by molar-refractivity contribution is 6.06. The summed E-state index contributed by atoms with van der Waals surface area (Å²) < 4.78 is 0. The van der Waals surface area contributed by atoms with Crippen LogP contribution in [0.15, 0.2) is 35.1 Å². The van der Waals surface area contributed by atoms with Crippen LogP contribution in [0.1, 0.15) is 10.4 Å². The summed E-state index contributed by atoms with van der Waals surface area (Å²) in [7, 11) is 0. The second-order valence-electron chi connectivity index (χ2n) is 2.81. The van der Waals surface area contributed by atoms with Gasteiger partial charge in [-0.15, -0.1) is 0 Å². The molecule has 64 valence electrons. The van der Waals surface area contributed by atoms with Crippen LogP contribution in [-0.4, -0.2) is 5.91 Å². The van der Waals surface area contributed by atoms with Crippen molar-refractivity contribution in [1.29, 1.82) is 0 Å². The maximum atomic E-state index is 11.1. The van der Waals surface area contributed by atoms with Crippen molar-refractivity contribution >= 4 is 5.91 Å². The average Bonchev–Trinajstić information content (AvgIpc) is 2.79. The third-order valence-electron chi connectivity index (χ3n) is 1.95. The van der Waals surface area contributed by atoms with Crippen molar-refractivity contribution in [3.8, 4) is 11.1 Å². The molecule has 0 aliphatic rings. The van der Waals surface area contributed by atoms with Crippen molar-refractivity contribution in [2.24, 2.45) is 5.73 Å². The number of hydrogen-bond acceptors (Lipinski definition) is 2. The zero-order valence-electron chi connectivity index (χ0n) is 6.78. The molecule has 0 heterocycles. The monoisotopic (exact) mass is 173 g/mol. The molecule has 2 rings (SSSR count). The third kappa shape index (κ3) is 1.14. The van der Waals surface area contributed by atoms with Crippen LogP contribution in [0.25, 0.3) is 11.1 Å². The van der Waals surface area contributed by atoms with E-state index in [0.717, 1.165) is 5.56 Å². The van der Waals surface area contributed by atoms with Gasteiger partial charge in [-0.2, -0.15) is 0 Å². The van der Waals surface area contributed by atoms with E-state index in [0.29, 0.717) is 5.56 Å². The maximum Gasteiger partial charge on any atom is 0.253 e. The van der Waals surface area contributed by atoms with Gasteiger partial charge in [0.25, 0.3) is 5.91 Å². The molecule has 0 aromatic heterocycles. The highest BCUT2D eigenvalue weighted by Gasteiger charge is 2.27. The van der Waals surface area contributed by atoms with E-state index >= 15 is 0 Å². The first-order valence-electron chi connectivity index (χ1n) is 3.86. The van der Waals surface area contributed by atoms with Gasteiger partial charge in [-0.25, -0.2) is 0 Å². The average molecular weight is 173 g/mol. The van der Waals surface area contributed by atoms with E-state index in [1.807, 2.05) is 18.2 Å². The quantitative estimate of drug-likeness (QED) is 0.726. The fourth-order valence-electron chi connectivity index (χ4n) is 1.29. The van der Waals surface area contributed by atoms with Gasteiger partial charge in [0.2, 0.25) is 5.43 Å². The summed E-state index contributed by atoms with van der Waals surface area (Å²) in [6, 6.07) is 9.03. The molecule has 0 unspecified atom stereocenters. The van der Waals surface area contributed by atoms with Crippen molar-refractivity contribution in [3.63, 3.8) is 0 Å². The lowest BCUT2D eigenvalue weighted by atomic mass is 10.2. The molecule has 0 saturated carbocycles. The predicted octanol–water partition coefficient (Wildman–Crippen LogP) is 0.688. The number of carbonyl (C=O) groups excluding carboxylic acids is 1. The first kappa shape index (κ1) is 7.73. The number of carbonyl (C=O) groups is 1. The van der Waals surface area contributed by atoms with Crippen LogP contribution in [0.4, 0.5) is 0 Å². The molecule has 3 heteroatoms. The van der Waals surface area contributed by atoms with Crippen molar-refractivity contribution < 1.29 is 4.79 Å². The summed E-state index contributed by atoms with van der Waals surface area (Å²) >= 11 is 0. The van der Waals surface area contributed by atoms with Gasteiger partial charge in [-0.05, 0) is 5.56 Å². The fourth-order valence-corrected chi connectivity index (χ4v) is 1.29. The van der Waals surface area contributed by atoms with E-state index in [4.69, 9.17) is 5.73 Å². The molecule has 2 N–H and O–H groups in total. The highest BCUT2D eigenvalue weighted by Crippen LogP contribution is 2.23. The topological polar surface area (TPSA) is 60.2 Å². The summed E-state index contributed by atoms with van der Waals surface area (Å²) in [5.74, 6) is -0.635. The number of nitrogens with two attached hydrogens (primary N) is 1. The Labute approximate surface area is 74.5 Å². The van der Waals surface area contributed by atoms with Crippen LogP contribution in [0.2, 0.25) is 0 Å². The summed E-state index contributed by atoms with van der Waals surface area (Å²) in [5.41, 5.74) is 6.15. The fraction of sp³-hybridized carbons (Fsp3) is 0. The predicted molar refractivity (Wildman–Crippen MR) is 49.0 cm³/mol. The van der Waals surface area contributed by atoms with Crippen molar-refractivity contribution in [1.82, 2.24) is 0 Å². The van der Waals surface area contributed by atoms with E-state index in [1.54, 1.807) is 12.1 Å². The van der Waals surface area contributed by atoms with Gasteiger partial charge in [0.1, 0.15) is 0 Å². The smallest absolute Gasteiger partial charge is 0.253 e. The lowest BCUT2D eigenvalue weighted by molar-refractivity contribution is 0.100. The number of benzene rings is 1. The van der Waals surface area contributed by atoms with Gasteiger partial charge < -0.3 is 5.73 Å². The molecule has 2 aromatic carbocycles. The Hall–Kier alpha value is -1.90. The van der Waals surface area contributed by atoms with Crippen LogP contribution >= 0.6 is 0 Å². The van der Waals surface area contributed by atoms with Crippen LogP contribution in [0.3, 0.4) is 0 Å². The Kier molecular flexibility index (Phi) is 1.52. The minimum atomic E-state index is -0.635. The van der Waals surface area contributed by atoms with Gasteiger partial charge in [0, 0.05) is 5.56 Å². The molecule has 0 spiro atoms. The molecule has 0 aliphatic heterocycles. The van der Waals surface area contributed by atoms with Gasteiger partial charge in [0.15, 0.2) is 0 Å². The molecular formula is C10H7NO2. The van der Waals surface area contributed by atoms with Crippen LogP contribution in [0.5, 0.6) is 0 Å². The van der Waals surface area contributed by atoms with Crippen molar-refractivity contribution in [2.75, 3.05) is 0 Å². The molecule has 0 saturated heterocycles. The number of hydrogen-bond donors (Lipinski definition) is 1. The van der Waals surface area contributed by atoms with E-state index in [1.165, 1.54) is 0 Å². The normalized spacial score (nSPS) is 10.5. The van der Waals surface area contributed by atoms with Crippen molar-refractivity contribution in [3.05, 3.63) is 46.1 Å². The number of amides is 1. The van der Waals surface area contributed by atoms with Gasteiger partial charge in [-0.3, -0.25) is 9.59 Å². The molecule has 13 heavy (non-hydrogen) atoms. The molecule has 0 fully saturated rings. The molecule has 0 radical (unpaired) electrons. The maximum absolute atomic E-state index is 11.1. The highest BCUT2D eigenvalue weighted by atomic mass is 16.2. The Balaban J connectivity index is 2.45. The van der Waals surface area contributed by atoms with E-state index in [-0.39, 0.29) is 11.0 Å². The minimum Gasteiger partial charge on any atom is -0.365 e. The van der Waals surface area contributed by atoms with E-state index < -0.39 is 5.91 Å². The lowest BCUT2D eigenvalue weighted by Gasteiger charge is -1.88. The molecule has 3 nitrogen and oxygen atoms in total. The third-order valence-corrected chi connectivity index (χ3v) is 1.95. The molecule has 0 aliphatic carbocycles. The number of primary amides is 1. The molecular weight excluding hydrogens is 166 g/mol. The number of rotatable bonds is 2. The SMILES string of the molecule is NC(=O)c1c(-c2ccccc2)c1=O. The molecule has 2 aromatic rings. The Morgan fingerprint density at radius 3 is 2.23 bits per heavy atom. The lowest BCUT2D eigenvalue weighted by Crippen LogP contribution is -2.08.